The Kier molecular flexibility index (Phi) is 2.60. The molecule has 5 atom stereocenters. The molecule has 1 aliphatic carbocycles. The molecule has 5 nitrogen and oxygen atoms in total. The molecule has 2 heterocycles. The molecule has 5 heteroatoms. The number of carbonyl (C=O) groups is 1. The van der Waals surface area contributed by atoms with Crippen molar-refractivity contribution in [3.05, 3.63) is 11.8 Å². The second-order valence-electron chi connectivity index (χ2n) is 4.73. The summed E-state index contributed by atoms with van der Waals surface area (Å²) in [7, 11) is 3.04. The van der Waals surface area contributed by atoms with E-state index in [-0.39, 0.29) is 30.4 Å². The summed E-state index contributed by atoms with van der Waals surface area (Å²) in [6, 6.07) is 0. The summed E-state index contributed by atoms with van der Waals surface area (Å²) in [4.78, 5) is 11.7. The van der Waals surface area contributed by atoms with Crippen molar-refractivity contribution in [1.82, 2.24) is 0 Å². The fraction of sp³-hybridized carbons (Fsp3) is 0.750. The minimum atomic E-state index is -0.296. The third-order valence-electron chi connectivity index (χ3n) is 4.08. The van der Waals surface area contributed by atoms with Crippen LogP contribution in [0, 0.1) is 17.8 Å². The molecule has 0 spiro atoms. The molecule has 2 aliphatic heterocycles. The average molecular weight is 240 g/mol. The first kappa shape index (κ1) is 11.0. The van der Waals surface area contributed by atoms with Gasteiger partial charge in [0.2, 0.25) is 6.29 Å². The monoisotopic (exact) mass is 240 g/mol. The molecule has 17 heavy (non-hydrogen) atoms. The van der Waals surface area contributed by atoms with Gasteiger partial charge in [0.25, 0.3) is 0 Å². The molecule has 3 rings (SSSR count). The maximum atomic E-state index is 11.7. The Labute approximate surface area is 99.7 Å². The van der Waals surface area contributed by atoms with Crippen molar-refractivity contribution < 1.29 is 23.7 Å². The predicted octanol–water partition coefficient (Wildman–Crippen LogP) is 1.04. The van der Waals surface area contributed by atoms with Crippen LogP contribution in [0.2, 0.25) is 0 Å². The van der Waals surface area contributed by atoms with Crippen LogP contribution in [0.5, 0.6) is 0 Å². The standard InChI is InChI=1S/C12H16O5/c1-14-10(13)8-5-16-12-9-6(8)3-4-7(9)11(15-2)17-12/h5-7,9,11-12H,3-4H2,1-2H3/t6-,7-,9+,11+,12-/m1/s1. The van der Waals surface area contributed by atoms with Crippen LogP contribution in [0.3, 0.4) is 0 Å². The Morgan fingerprint density at radius 2 is 2.24 bits per heavy atom. The van der Waals surface area contributed by atoms with Gasteiger partial charge in [-0.1, -0.05) is 0 Å². The van der Waals surface area contributed by atoms with E-state index in [1.54, 1.807) is 7.11 Å². The Balaban J connectivity index is 1.87. The molecule has 0 bridgehead atoms. The van der Waals surface area contributed by atoms with Crippen LogP contribution in [-0.4, -0.2) is 32.8 Å². The van der Waals surface area contributed by atoms with Crippen molar-refractivity contribution in [3.8, 4) is 0 Å². The minimum Gasteiger partial charge on any atom is -0.472 e. The molecule has 94 valence electrons. The van der Waals surface area contributed by atoms with Crippen molar-refractivity contribution in [3.63, 3.8) is 0 Å². The molecule has 0 amide bonds. The second kappa shape index (κ2) is 3.99. The Morgan fingerprint density at radius 1 is 1.41 bits per heavy atom. The number of methoxy groups -OCH3 is 2. The molecule has 0 radical (unpaired) electrons. The zero-order chi connectivity index (χ0) is 12.0. The summed E-state index contributed by atoms with van der Waals surface area (Å²) in [6.07, 6.45) is 2.99. The summed E-state index contributed by atoms with van der Waals surface area (Å²) in [5, 5.41) is 0. The number of hydrogen-bond acceptors (Lipinski definition) is 5. The molecule has 1 saturated heterocycles. The lowest BCUT2D eigenvalue weighted by Gasteiger charge is -2.28. The Bertz CT molecular complexity index is 364. The van der Waals surface area contributed by atoms with Crippen molar-refractivity contribution in [2.45, 2.75) is 25.4 Å². The van der Waals surface area contributed by atoms with Crippen molar-refractivity contribution in [1.29, 1.82) is 0 Å². The summed E-state index contributed by atoms with van der Waals surface area (Å²) >= 11 is 0. The highest BCUT2D eigenvalue weighted by Gasteiger charge is 2.56. The first-order valence-corrected chi connectivity index (χ1v) is 5.88. The van der Waals surface area contributed by atoms with Gasteiger partial charge in [0.05, 0.1) is 18.9 Å². The molecule has 2 fully saturated rings. The zero-order valence-corrected chi connectivity index (χ0v) is 9.92. The quantitative estimate of drug-likeness (QED) is 0.675. The highest BCUT2D eigenvalue weighted by Crippen LogP contribution is 2.53. The molecule has 1 saturated carbocycles. The van der Waals surface area contributed by atoms with Gasteiger partial charge in [-0.15, -0.1) is 0 Å². The maximum Gasteiger partial charge on any atom is 0.337 e. The lowest BCUT2D eigenvalue weighted by molar-refractivity contribution is -0.197. The summed E-state index contributed by atoms with van der Waals surface area (Å²) in [5.74, 6) is 0.434. The molecular weight excluding hydrogens is 224 g/mol. The molecule has 0 aromatic heterocycles. The van der Waals surface area contributed by atoms with E-state index in [0.29, 0.717) is 11.5 Å². The first-order valence-electron chi connectivity index (χ1n) is 5.88. The maximum absolute atomic E-state index is 11.7. The van der Waals surface area contributed by atoms with Crippen LogP contribution >= 0.6 is 0 Å². The summed E-state index contributed by atoms with van der Waals surface area (Å²) in [6.45, 7) is 0. The van der Waals surface area contributed by atoms with Crippen LogP contribution in [-0.2, 0) is 23.7 Å². The number of esters is 1. The van der Waals surface area contributed by atoms with E-state index in [9.17, 15) is 4.79 Å². The van der Waals surface area contributed by atoms with Gasteiger partial charge in [0.1, 0.15) is 0 Å². The molecule has 0 aromatic carbocycles. The Morgan fingerprint density at radius 3 is 2.94 bits per heavy atom. The van der Waals surface area contributed by atoms with Crippen LogP contribution in [0.15, 0.2) is 11.8 Å². The molecule has 3 aliphatic rings. The smallest absolute Gasteiger partial charge is 0.337 e. The lowest BCUT2D eigenvalue weighted by atomic mass is 9.84. The van der Waals surface area contributed by atoms with Gasteiger partial charge in [-0.25, -0.2) is 4.79 Å². The van der Waals surface area contributed by atoms with Gasteiger partial charge < -0.3 is 18.9 Å². The summed E-state index contributed by atoms with van der Waals surface area (Å²) < 4.78 is 21.3. The van der Waals surface area contributed by atoms with Crippen LogP contribution < -0.4 is 0 Å². The summed E-state index contributed by atoms with van der Waals surface area (Å²) in [5.41, 5.74) is 0.636. The predicted molar refractivity (Wildman–Crippen MR) is 56.6 cm³/mol. The fourth-order valence-electron chi connectivity index (χ4n) is 3.35. The number of carbonyl (C=O) groups excluding carboxylic acids is 1. The lowest BCUT2D eigenvalue weighted by Crippen LogP contribution is -2.32. The van der Waals surface area contributed by atoms with Gasteiger partial charge in [0, 0.05) is 24.9 Å². The van der Waals surface area contributed by atoms with Gasteiger partial charge in [-0.2, -0.15) is 0 Å². The topological polar surface area (TPSA) is 54.0 Å². The zero-order valence-electron chi connectivity index (χ0n) is 9.92. The first-order chi connectivity index (χ1) is 8.26. The third-order valence-corrected chi connectivity index (χ3v) is 4.08. The largest absolute Gasteiger partial charge is 0.472 e. The highest BCUT2D eigenvalue weighted by molar-refractivity contribution is 5.89. The molecule has 0 N–H and O–H groups in total. The van der Waals surface area contributed by atoms with Crippen LogP contribution in [0.1, 0.15) is 12.8 Å². The van der Waals surface area contributed by atoms with E-state index in [1.165, 1.54) is 13.4 Å². The van der Waals surface area contributed by atoms with E-state index in [4.69, 9.17) is 18.9 Å². The van der Waals surface area contributed by atoms with E-state index in [0.717, 1.165) is 12.8 Å². The fourth-order valence-corrected chi connectivity index (χ4v) is 3.35. The third kappa shape index (κ3) is 1.49. The van der Waals surface area contributed by atoms with Crippen molar-refractivity contribution in [2.24, 2.45) is 17.8 Å². The average Bonchev–Trinajstić information content (AvgIpc) is 2.94. The molecular formula is C12H16O5. The van der Waals surface area contributed by atoms with Gasteiger partial charge in [0.15, 0.2) is 6.29 Å². The second-order valence-corrected chi connectivity index (χ2v) is 4.73. The van der Waals surface area contributed by atoms with Crippen molar-refractivity contribution >= 4 is 5.97 Å². The molecule has 0 unspecified atom stereocenters. The van der Waals surface area contributed by atoms with E-state index in [1.807, 2.05) is 0 Å². The van der Waals surface area contributed by atoms with E-state index in [2.05, 4.69) is 0 Å². The Hall–Kier alpha value is -1.07. The number of ether oxygens (including phenoxy) is 4. The highest BCUT2D eigenvalue weighted by atomic mass is 16.8. The molecule has 0 aromatic rings. The number of rotatable bonds is 2. The van der Waals surface area contributed by atoms with Gasteiger partial charge in [-0.3, -0.25) is 0 Å². The van der Waals surface area contributed by atoms with E-state index < -0.39 is 0 Å². The number of hydrogen-bond donors (Lipinski definition) is 0. The van der Waals surface area contributed by atoms with Crippen molar-refractivity contribution in [2.75, 3.05) is 14.2 Å². The van der Waals surface area contributed by atoms with E-state index >= 15 is 0 Å². The normalized spacial score (nSPS) is 42.7. The SMILES string of the molecule is COC(=O)C1=CO[C@@H]2O[C@H](OC)[C@@H]3CC[C@H]1[C@H]23. The van der Waals surface area contributed by atoms with Gasteiger partial charge in [-0.05, 0) is 12.8 Å². The van der Waals surface area contributed by atoms with Crippen LogP contribution in [0.25, 0.3) is 0 Å². The minimum absolute atomic E-state index is 0.186. The van der Waals surface area contributed by atoms with Crippen LogP contribution in [0.4, 0.5) is 0 Å². The van der Waals surface area contributed by atoms with Gasteiger partial charge >= 0.3 is 5.97 Å².